The molecule has 0 bridgehead atoms. The fourth-order valence-electron chi connectivity index (χ4n) is 3.36. The van der Waals surface area contributed by atoms with Crippen molar-refractivity contribution in [2.24, 2.45) is 0 Å². The third-order valence-corrected chi connectivity index (χ3v) is 8.39. The quantitative estimate of drug-likeness (QED) is 0.351. The number of sulfonamides is 1. The van der Waals surface area contributed by atoms with E-state index in [4.69, 9.17) is 0 Å². The highest BCUT2D eigenvalue weighted by Gasteiger charge is 2.27. The van der Waals surface area contributed by atoms with Gasteiger partial charge in [0.05, 0.1) is 17.5 Å². The molecule has 1 N–H and O–H groups in total. The Morgan fingerprint density at radius 2 is 1.64 bits per heavy atom. The van der Waals surface area contributed by atoms with Gasteiger partial charge >= 0.3 is 0 Å². The maximum atomic E-state index is 13.4. The van der Waals surface area contributed by atoms with Crippen LogP contribution in [0, 0.1) is 0 Å². The summed E-state index contributed by atoms with van der Waals surface area (Å²) in [6.45, 7) is 1.84. The van der Waals surface area contributed by atoms with E-state index in [0.717, 1.165) is 20.5 Å². The van der Waals surface area contributed by atoms with Gasteiger partial charge in [-0.2, -0.15) is 4.31 Å². The summed E-state index contributed by atoms with van der Waals surface area (Å²) < 4.78 is 28.8. The Morgan fingerprint density at radius 1 is 1.00 bits per heavy atom. The van der Waals surface area contributed by atoms with Gasteiger partial charge in [0.25, 0.3) is 0 Å². The van der Waals surface area contributed by atoms with E-state index >= 15 is 0 Å². The molecule has 0 saturated heterocycles. The molecule has 0 aliphatic carbocycles. The first-order valence-electron chi connectivity index (χ1n) is 10.5. The van der Waals surface area contributed by atoms with Crippen molar-refractivity contribution in [1.82, 2.24) is 9.62 Å². The highest BCUT2D eigenvalue weighted by molar-refractivity contribution is 9.10. The molecule has 0 unspecified atom stereocenters. The minimum Gasteiger partial charge on any atom is -0.348 e. The van der Waals surface area contributed by atoms with Crippen molar-refractivity contribution in [1.29, 1.82) is 0 Å². The van der Waals surface area contributed by atoms with Crippen LogP contribution in [0.4, 0.5) is 0 Å². The minimum atomic E-state index is -3.84. The van der Waals surface area contributed by atoms with Crippen LogP contribution in [0.15, 0.2) is 93.1 Å². The van der Waals surface area contributed by atoms with E-state index in [2.05, 4.69) is 21.2 Å². The average Bonchev–Trinajstić information content (AvgIpc) is 2.82. The Labute approximate surface area is 208 Å². The lowest BCUT2D eigenvalue weighted by Crippen LogP contribution is -2.42. The summed E-state index contributed by atoms with van der Waals surface area (Å²) in [5, 5.41) is 2.94. The molecule has 3 aromatic rings. The van der Waals surface area contributed by atoms with Crippen LogP contribution in [0.3, 0.4) is 0 Å². The van der Waals surface area contributed by atoms with Crippen molar-refractivity contribution >= 4 is 43.6 Å². The molecule has 1 amide bonds. The van der Waals surface area contributed by atoms with Gasteiger partial charge in [-0.25, -0.2) is 8.42 Å². The molecular weight excluding hydrogens is 520 g/mol. The topological polar surface area (TPSA) is 66.5 Å². The van der Waals surface area contributed by atoms with Crippen LogP contribution in [0.5, 0.6) is 0 Å². The Hall–Kier alpha value is -2.13. The number of amides is 1. The zero-order valence-electron chi connectivity index (χ0n) is 18.6. The van der Waals surface area contributed by atoms with Crippen LogP contribution in [-0.4, -0.2) is 38.0 Å². The predicted octanol–water partition coefficient (Wildman–Crippen LogP) is 5.28. The summed E-state index contributed by atoms with van der Waals surface area (Å²) in [7, 11) is -3.84. The molecule has 0 heterocycles. The van der Waals surface area contributed by atoms with Gasteiger partial charge in [-0.15, -0.1) is 11.8 Å². The summed E-state index contributed by atoms with van der Waals surface area (Å²) in [6.07, 6.45) is 2.52. The van der Waals surface area contributed by atoms with Gasteiger partial charge in [0.1, 0.15) is 0 Å². The molecule has 0 radical (unpaired) electrons. The Bertz CT molecular complexity index is 1150. The highest BCUT2D eigenvalue weighted by Crippen LogP contribution is 2.21. The lowest BCUT2D eigenvalue weighted by Gasteiger charge is -2.23. The fourth-order valence-corrected chi connectivity index (χ4v) is 5.43. The molecule has 0 saturated carbocycles. The minimum absolute atomic E-state index is 0.160. The molecule has 8 heteroatoms. The molecule has 0 fully saturated rings. The number of thioether (sulfide) groups is 1. The van der Waals surface area contributed by atoms with Gasteiger partial charge in [-0.3, -0.25) is 4.79 Å². The maximum Gasteiger partial charge on any atom is 0.243 e. The third-order valence-electron chi connectivity index (χ3n) is 5.26. The number of rotatable bonds is 10. The Balaban J connectivity index is 1.75. The van der Waals surface area contributed by atoms with Crippen molar-refractivity contribution in [2.75, 3.05) is 19.3 Å². The van der Waals surface area contributed by atoms with E-state index in [-0.39, 0.29) is 29.9 Å². The van der Waals surface area contributed by atoms with Crippen molar-refractivity contribution in [3.8, 4) is 0 Å². The van der Waals surface area contributed by atoms with Gasteiger partial charge in [0, 0.05) is 15.9 Å². The number of benzene rings is 3. The van der Waals surface area contributed by atoms with Gasteiger partial charge in [-0.1, -0.05) is 58.4 Å². The van der Waals surface area contributed by atoms with Crippen LogP contribution in [0.1, 0.15) is 24.1 Å². The number of nitrogens with one attached hydrogen (secondary N) is 1. The van der Waals surface area contributed by atoms with Gasteiger partial charge < -0.3 is 5.32 Å². The second kappa shape index (κ2) is 11.8. The molecule has 5 nitrogen and oxygen atoms in total. The molecule has 1 atom stereocenters. The fraction of sp³-hybridized carbons (Fsp3) is 0.240. The van der Waals surface area contributed by atoms with Crippen LogP contribution in [0.2, 0.25) is 0 Å². The third kappa shape index (κ3) is 7.17. The second-order valence-electron chi connectivity index (χ2n) is 7.59. The van der Waals surface area contributed by atoms with Crippen LogP contribution in [-0.2, 0) is 21.2 Å². The largest absolute Gasteiger partial charge is 0.348 e. The predicted molar refractivity (Wildman–Crippen MR) is 138 cm³/mol. The van der Waals surface area contributed by atoms with Crippen molar-refractivity contribution in [2.45, 2.75) is 29.2 Å². The Kier molecular flexibility index (Phi) is 9.14. The highest BCUT2D eigenvalue weighted by atomic mass is 79.9. The van der Waals surface area contributed by atoms with Gasteiger partial charge in [0.15, 0.2) is 0 Å². The van der Waals surface area contributed by atoms with E-state index < -0.39 is 10.0 Å². The number of hydrogen-bond donors (Lipinski definition) is 1. The van der Waals surface area contributed by atoms with Crippen LogP contribution >= 0.6 is 27.7 Å². The van der Waals surface area contributed by atoms with E-state index in [1.165, 1.54) is 4.31 Å². The lowest BCUT2D eigenvalue weighted by molar-refractivity contribution is -0.121. The van der Waals surface area contributed by atoms with Crippen LogP contribution < -0.4 is 5.32 Å². The van der Waals surface area contributed by atoms with Crippen molar-refractivity contribution in [3.05, 3.63) is 94.5 Å². The number of nitrogens with zero attached hydrogens (tertiary/aromatic N) is 1. The first-order valence-corrected chi connectivity index (χ1v) is 14.0. The summed E-state index contributed by atoms with van der Waals surface area (Å²) >= 11 is 4.99. The molecule has 3 aromatic carbocycles. The normalized spacial score (nSPS) is 12.5. The summed E-state index contributed by atoms with van der Waals surface area (Å²) in [6, 6.07) is 23.8. The Morgan fingerprint density at radius 3 is 2.24 bits per heavy atom. The number of carbonyl (C=O) groups is 1. The van der Waals surface area contributed by atoms with Crippen LogP contribution in [0.25, 0.3) is 0 Å². The first kappa shape index (κ1) is 25.5. The van der Waals surface area contributed by atoms with E-state index in [1.54, 1.807) is 36.0 Å². The van der Waals surface area contributed by atoms with E-state index in [0.29, 0.717) is 6.42 Å². The monoisotopic (exact) mass is 546 g/mol. The summed E-state index contributed by atoms with van der Waals surface area (Å²) in [5.41, 5.74) is 1.98. The molecule has 0 aliphatic heterocycles. The number of halogens is 1. The van der Waals surface area contributed by atoms with Gasteiger partial charge in [-0.05, 0) is 67.1 Å². The van der Waals surface area contributed by atoms with E-state index in [9.17, 15) is 13.2 Å². The second-order valence-corrected chi connectivity index (χ2v) is 11.3. The molecule has 3 rings (SSSR count). The molecule has 33 heavy (non-hydrogen) atoms. The smallest absolute Gasteiger partial charge is 0.243 e. The molecule has 0 spiro atoms. The van der Waals surface area contributed by atoms with E-state index in [1.807, 2.05) is 67.8 Å². The first-order chi connectivity index (χ1) is 15.8. The average molecular weight is 548 g/mol. The van der Waals surface area contributed by atoms with Crippen molar-refractivity contribution in [3.63, 3.8) is 0 Å². The summed E-state index contributed by atoms with van der Waals surface area (Å²) in [5.74, 6) is -0.342. The lowest BCUT2D eigenvalue weighted by atomic mass is 10.1. The summed E-state index contributed by atoms with van der Waals surface area (Å²) in [4.78, 5) is 14.2. The maximum absolute atomic E-state index is 13.4. The SMILES string of the molecule is CSc1ccc([C@H](C)NC(=O)CN(CCc2ccccc2)S(=O)(=O)c2ccc(Br)cc2)cc1. The molecule has 0 aliphatic rings. The molecular formula is C25H27BrN2O3S2. The number of carbonyl (C=O) groups excluding carboxylic acids is 1. The zero-order valence-corrected chi connectivity index (χ0v) is 21.8. The van der Waals surface area contributed by atoms with Gasteiger partial charge in [0.2, 0.25) is 15.9 Å². The van der Waals surface area contributed by atoms with Crippen molar-refractivity contribution < 1.29 is 13.2 Å². The molecule has 0 aromatic heterocycles. The standard InChI is InChI=1S/C25H27BrN2O3S2/c1-19(21-8-12-23(32-2)13-9-21)27-25(29)18-28(17-16-20-6-4-3-5-7-20)33(30,31)24-14-10-22(26)11-15-24/h3-15,19H,16-18H2,1-2H3,(H,27,29)/t19-/m0/s1. The number of hydrogen-bond acceptors (Lipinski definition) is 4. The zero-order chi connectivity index (χ0) is 23.8. The molecule has 174 valence electrons.